The second kappa shape index (κ2) is 11.1. The molecule has 0 saturated carbocycles. The standard InChI is InChI=1S/C26H23ClN2O4/c1-17-5-4-6-21(11-17)29-25(30)16-33-26-23(27)13-18(14-24(26)32-3)12-20(15-28)19-7-9-22(31-2)10-8-19/h4-14H,16H2,1-3H3,(H,29,30)/b20-12+. The van der Waals surface area contributed by atoms with Gasteiger partial charge in [-0.15, -0.1) is 0 Å². The maximum atomic E-state index is 12.3. The molecule has 1 N–H and O–H groups in total. The maximum Gasteiger partial charge on any atom is 0.262 e. The Morgan fingerprint density at radius 2 is 1.85 bits per heavy atom. The summed E-state index contributed by atoms with van der Waals surface area (Å²) < 4.78 is 16.2. The minimum atomic E-state index is -0.325. The van der Waals surface area contributed by atoms with Crippen LogP contribution >= 0.6 is 11.6 Å². The number of hydrogen-bond donors (Lipinski definition) is 1. The lowest BCUT2D eigenvalue weighted by atomic mass is 10.0. The van der Waals surface area contributed by atoms with Gasteiger partial charge in [-0.05, 0) is 78.2 Å². The first-order valence-electron chi connectivity index (χ1n) is 10.1. The number of benzene rings is 3. The lowest BCUT2D eigenvalue weighted by Crippen LogP contribution is -2.20. The Morgan fingerprint density at radius 1 is 1.09 bits per heavy atom. The second-order valence-electron chi connectivity index (χ2n) is 7.14. The summed E-state index contributed by atoms with van der Waals surface area (Å²) in [6.07, 6.45) is 1.70. The highest BCUT2D eigenvalue weighted by atomic mass is 35.5. The molecule has 3 aromatic carbocycles. The summed E-state index contributed by atoms with van der Waals surface area (Å²) in [6, 6.07) is 20.2. The molecule has 6 nitrogen and oxygen atoms in total. The molecule has 3 rings (SSSR count). The van der Waals surface area contributed by atoms with Crippen LogP contribution in [0.15, 0.2) is 60.7 Å². The van der Waals surface area contributed by atoms with Crippen LogP contribution in [-0.2, 0) is 4.79 Å². The van der Waals surface area contributed by atoms with Crippen molar-refractivity contribution in [3.05, 3.63) is 82.4 Å². The van der Waals surface area contributed by atoms with Crippen molar-refractivity contribution in [1.82, 2.24) is 0 Å². The van der Waals surface area contributed by atoms with E-state index in [1.54, 1.807) is 55.7 Å². The molecule has 0 atom stereocenters. The third-order valence-electron chi connectivity index (χ3n) is 4.73. The van der Waals surface area contributed by atoms with Crippen molar-refractivity contribution in [3.63, 3.8) is 0 Å². The van der Waals surface area contributed by atoms with Gasteiger partial charge in [0.05, 0.1) is 30.9 Å². The molecule has 0 aliphatic carbocycles. The Balaban J connectivity index is 1.77. The zero-order chi connectivity index (χ0) is 23.8. The molecule has 168 valence electrons. The Morgan fingerprint density at radius 3 is 2.48 bits per heavy atom. The van der Waals surface area contributed by atoms with Crippen LogP contribution in [0.4, 0.5) is 5.69 Å². The van der Waals surface area contributed by atoms with E-state index in [1.807, 2.05) is 25.1 Å². The molecule has 0 aliphatic heterocycles. The molecule has 0 spiro atoms. The Hall–Kier alpha value is -3.95. The number of aryl methyl sites for hydroxylation is 1. The Kier molecular flexibility index (Phi) is 7.96. The van der Waals surface area contributed by atoms with Crippen molar-refractivity contribution in [1.29, 1.82) is 5.26 Å². The number of nitrogens with zero attached hydrogens (tertiary/aromatic N) is 1. The van der Waals surface area contributed by atoms with Gasteiger partial charge in [0.2, 0.25) is 0 Å². The van der Waals surface area contributed by atoms with Crippen molar-refractivity contribution in [3.8, 4) is 23.3 Å². The molecule has 0 aliphatic rings. The maximum absolute atomic E-state index is 12.3. The first-order valence-corrected chi connectivity index (χ1v) is 10.4. The fourth-order valence-corrected chi connectivity index (χ4v) is 3.41. The molecule has 0 aromatic heterocycles. The van der Waals surface area contributed by atoms with Crippen LogP contribution in [0, 0.1) is 18.3 Å². The van der Waals surface area contributed by atoms with E-state index in [-0.39, 0.29) is 23.3 Å². The Bertz CT molecular complexity index is 1210. The average Bonchev–Trinajstić information content (AvgIpc) is 2.81. The number of ether oxygens (including phenoxy) is 3. The van der Waals surface area contributed by atoms with Gasteiger partial charge >= 0.3 is 0 Å². The topological polar surface area (TPSA) is 80.6 Å². The summed E-state index contributed by atoms with van der Waals surface area (Å²) in [5.41, 5.74) is 3.56. The number of hydrogen-bond acceptors (Lipinski definition) is 5. The number of allylic oxidation sites excluding steroid dienone is 1. The minimum absolute atomic E-state index is 0.242. The summed E-state index contributed by atoms with van der Waals surface area (Å²) in [6.45, 7) is 1.70. The van der Waals surface area contributed by atoms with E-state index in [1.165, 1.54) is 7.11 Å². The Labute approximate surface area is 198 Å². The predicted octanol–water partition coefficient (Wildman–Crippen LogP) is 5.75. The number of nitriles is 1. The molecule has 0 heterocycles. The average molecular weight is 463 g/mol. The number of nitrogens with one attached hydrogen (secondary N) is 1. The normalized spacial score (nSPS) is 10.8. The predicted molar refractivity (Wildman–Crippen MR) is 130 cm³/mol. The summed E-state index contributed by atoms with van der Waals surface area (Å²) in [5, 5.41) is 12.7. The molecule has 0 radical (unpaired) electrons. The van der Waals surface area contributed by atoms with E-state index in [4.69, 9.17) is 25.8 Å². The van der Waals surface area contributed by atoms with E-state index < -0.39 is 0 Å². The minimum Gasteiger partial charge on any atom is -0.497 e. The number of anilines is 1. The van der Waals surface area contributed by atoms with Crippen LogP contribution in [0.5, 0.6) is 17.2 Å². The van der Waals surface area contributed by atoms with Crippen molar-refractivity contribution >= 4 is 34.8 Å². The van der Waals surface area contributed by atoms with E-state index in [2.05, 4.69) is 11.4 Å². The summed E-state index contributed by atoms with van der Waals surface area (Å²) in [7, 11) is 3.06. The fourth-order valence-electron chi connectivity index (χ4n) is 3.14. The number of carbonyl (C=O) groups excluding carboxylic acids is 1. The third-order valence-corrected chi connectivity index (χ3v) is 5.01. The number of methoxy groups -OCH3 is 2. The van der Waals surface area contributed by atoms with Gasteiger partial charge in [-0.3, -0.25) is 4.79 Å². The van der Waals surface area contributed by atoms with Gasteiger partial charge in [-0.1, -0.05) is 23.7 Å². The largest absolute Gasteiger partial charge is 0.497 e. The van der Waals surface area contributed by atoms with Crippen LogP contribution in [0.25, 0.3) is 11.6 Å². The first kappa shape index (κ1) is 23.7. The molecule has 0 saturated heterocycles. The highest BCUT2D eigenvalue weighted by molar-refractivity contribution is 6.32. The van der Waals surface area contributed by atoms with Gasteiger partial charge in [-0.25, -0.2) is 0 Å². The van der Waals surface area contributed by atoms with E-state index in [9.17, 15) is 10.1 Å². The zero-order valence-corrected chi connectivity index (χ0v) is 19.3. The van der Waals surface area contributed by atoms with Crippen LogP contribution in [0.2, 0.25) is 5.02 Å². The van der Waals surface area contributed by atoms with Crippen molar-refractivity contribution < 1.29 is 19.0 Å². The second-order valence-corrected chi connectivity index (χ2v) is 7.55. The van der Waals surface area contributed by atoms with Gasteiger partial charge < -0.3 is 19.5 Å². The lowest BCUT2D eigenvalue weighted by molar-refractivity contribution is -0.118. The lowest BCUT2D eigenvalue weighted by Gasteiger charge is -2.14. The number of amides is 1. The monoisotopic (exact) mass is 462 g/mol. The van der Waals surface area contributed by atoms with Crippen LogP contribution in [-0.4, -0.2) is 26.7 Å². The van der Waals surface area contributed by atoms with Gasteiger partial charge in [-0.2, -0.15) is 5.26 Å². The highest BCUT2D eigenvalue weighted by Crippen LogP contribution is 2.37. The fraction of sp³-hybridized carbons (Fsp3) is 0.154. The number of rotatable bonds is 8. The van der Waals surface area contributed by atoms with E-state index in [0.717, 1.165) is 11.1 Å². The van der Waals surface area contributed by atoms with Gasteiger partial charge in [0, 0.05) is 5.69 Å². The van der Waals surface area contributed by atoms with Crippen molar-refractivity contribution in [2.45, 2.75) is 6.92 Å². The quantitative estimate of drug-likeness (QED) is 0.340. The summed E-state index contributed by atoms with van der Waals surface area (Å²) >= 11 is 6.42. The van der Waals surface area contributed by atoms with Crippen molar-refractivity contribution in [2.24, 2.45) is 0 Å². The molecule has 7 heteroatoms. The first-order chi connectivity index (χ1) is 15.9. The van der Waals surface area contributed by atoms with Crippen LogP contribution in [0.3, 0.4) is 0 Å². The molecule has 3 aromatic rings. The number of halogens is 1. The van der Waals surface area contributed by atoms with E-state index in [0.29, 0.717) is 28.3 Å². The molecule has 1 amide bonds. The molecule has 33 heavy (non-hydrogen) atoms. The van der Waals surface area contributed by atoms with Gasteiger partial charge in [0.25, 0.3) is 5.91 Å². The molecule has 0 fully saturated rings. The summed E-state index contributed by atoms with van der Waals surface area (Å²) in [5.74, 6) is 0.977. The molecule has 0 bridgehead atoms. The summed E-state index contributed by atoms with van der Waals surface area (Å²) in [4.78, 5) is 12.3. The molecular formula is C26H23ClN2O4. The smallest absolute Gasteiger partial charge is 0.262 e. The van der Waals surface area contributed by atoms with E-state index >= 15 is 0 Å². The van der Waals surface area contributed by atoms with Crippen LogP contribution < -0.4 is 19.5 Å². The molecule has 0 unspecified atom stereocenters. The van der Waals surface area contributed by atoms with Crippen LogP contribution in [0.1, 0.15) is 16.7 Å². The zero-order valence-electron chi connectivity index (χ0n) is 18.5. The van der Waals surface area contributed by atoms with Crippen molar-refractivity contribution in [2.75, 3.05) is 26.1 Å². The van der Waals surface area contributed by atoms with Gasteiger partial charge in [0.15, 0.2) is 18.1 Å². The van der Waals surface area contributed by atoms with Gasteiger partial charge in [0.1, 0.15) is 5.75 Å². The SMILES string of the molecule is COc1ccc(/C(C#N)=C/c2cc(Cl)c(OCC(=O)Nc3cccc(C)c3)c(OC)c2)cc1. The third kappa shape index (κ3) is 6.28. The number of carbonyl (C=O) groups is 1. The highest BCUT2D eigenvalue weighted by Gasteiger charge is 2.14. The molecular weight excluding hydrogens is 440 g/mol.